The molecule has 128 valence electrons. The first-order chi connectivity index (χ1) is 11.0. The zero-order valence-corrected chi connectivity index (χ0v) is 14.7. The van der Waals surface area contributed by atoms with Crippen LogP contribution in [0.15, 0.2) is 35.4 Å². The van der Waals surface area contributed by atoms with Gasteiger partial charge in [-0.1, -0.05) is 58.0 Å². The molecule has 0 unspecified atom stereocenters. The highest BCUT2D eigenvalue weighted by Crippen LogP contribution is 2.14. The normalized spacial score (nSPS) is 14.2. The Labute approximate surface area is 139 Å². The summed E-state index contributed by atoms with van der Waals surface area (Å²) in [5.41, 5.74) is 4.05. The van der Waals surface area contributed by atoms with Gasteiger partial charge in [0.1, 0.15) is 0 Å². The minimum atomic E-state index is -0.718. The minimum absolute atomic E-state index is 0.152. The van der Waals surface area contributed by atoms with Gasteiger partial charge in [0, 0.05) is 6.21 Å². The lowest BCUT2D eigenvalue weighted by Gasteiger charge is -2.28. The number of hydrogen-bond donors (Lipinski definition) is 1. The maximum atomic E-state index is 12.1. The van der Waals surface area contributed by atoms with E-state index >= 15 is 0 Å². The third-order valence-corrected chi connectivity index (χ3v) is 3.35. The lowest BCUT2D eigenvalue weighted by atomic mass is 9.99. The van der Waals surface area contributed by atoms with Crippen LogP contribution in [0.2, 0.25) is 0 Å². The van der Waals surface area contributed by atoms with E-state index in [-0.39, 0.29) is 12.0 Å². The molecule has 0 radical (unpaired) electrons. The molecular weight excluding hydrogens is 292 g/mol. The number of benzene rings is 1. The molecule has 1 aromatic carbocycles. The van der Waals surface area contributed by atoms with E-state index in [4.69, 9.17) is 9.47 Å². The molecule has 0 saturated carbocycles. The average Bonchev–Trinajstić information content (AvgIpc) is 2.53. The van der Waals surface area contributed by atoms with Crippen molar-refractivity contribution < 1.29 is 14.3 Å². The van der Waals surface area contributed by atoms with Crippen molar-refractivity contribution in [3.8, 4) is 0 Å². The van der Waals surface area contributed by atoms with Gasteiger partial charge >= 0.3 is 5.97 Å². The van der Waals surface area contributed by atoms with E-state index in [1.165, 1.54) is 7.11 Å². The van der Waals surface area contributed by atoms with Crippen LogP contribution in [0.3, 0.4) is 0 Å². The number of hydrogen-bond acceptors (Lipinski definition) is 5. The maximum Gasteiger partial charge on any atom is 0.337 e. The fraction of sp³-hybridized carbons (Fsp3) is 0.556. The summed E-state index contributed by atoms with van der Waals surface area (Å²) in [7, 11) is 1.37. The van der Waals surface area contributed by atoms with Crippen molar-refractivity contribution in [3.63, 3.8) is 0 Å². The summed E-state index contributed by atoms with van der Waals surface area (Å²) in [6, 6.07) is 9.49. The maximum absolute atomic E-state index is 12.1. The summed E-state index contributed by atoms with van der Waals surface area (Å²) >= 11 is 0. The molecule has 5 nitrogen and oxygen atoms in total. The molecule has 0 aromatic heterocycles. The van der Waals surface area contributed by atoms with Crippen molar-refractivity contribution in [1.82, 2.24) is 5.43 Å². The van der Waals surface area contributed by atoms with Crippen LogP contribution in [0, 0.1) is 11.8 Å². The number of carbonyl (C=O) groups excluding carboxylic acids is 1. The van der Waals surface area contributed by atoms with Crippen molar-refractivity contribution >= 4 is 12.2 Å². The summed E-state index contributed by atoms with van der Waals surface area (Å²) in [5, 5.41) is 4.22. The Morgan fingerprint density at radius 2 is 1.87 bits per heavy atom. The van der Waals surface area contributed by atoms with Gasteiger partial charge in [-0.3, -0.25) is 0 Å². The highest BCUT2D eigenvalue weighted by atomic mass is 16.6. The van der Waals surface area contributed by atoms with Crippen molar-refractivity contribution in [2.24, 2.45) is 16.9 Å². The molecule has 0 bridgehead atoms. The van der Waals surface area contributed by atoms with Crippen LogP contribution >= 0.6 is 0 Å². The van der Waals surface area contributed by atoms with E-state index in [1.54, 1.807) is 6.21 Å². The molecular formula is C18H28N2O3. The molecule has 0 fully saturated rings. The van der Waals surface area contributed by atoms with Crippen LogP contribution in [0.5, 0.6) is 0 Å². The molecule has 1 rings (SSSR count). The number of esters is 1. The minimum Gasteiger partial charge on any atom is -0.467 e. The van der Waals surface area contributed by atoms with Crippen molar-refractivity contribution in [2.45, 2.75) is 46.4 Å². The van der Waals surface area contributed by atoms with Crippen molar-refractivity contribution in [1.29, 1.82) is 0 Å². The highest BCUT2D eigenvalue weighted by molar-refractivity contribution is 5.75. The van der Waals surface area contributed by atoms with Gasteiger partial charge in [0.15, 0.2) is 6.10 Å². The molecule has 0 aliphatic carbocycles. The molecule has 0 spiro atoms. The Hall–Kier alpha value is -1.88. The lowest BCUT2D eigenvalue weighted by molar-refractivity contribution is -0.158. The Morgan fingerprint density at radius 1 is 1.22 bits per heavy atom. The van der Waals surface area contributed by atoms with E-state index in [2.05, 4.69) is 10.5 Å². The monoisotopic (exact) mass is 320 g/mol. The molecule has 1 aromatic rings. The zero-order chi connectivity index (χ0) is 17.2. The van der Waals surface area contributed by atoms with Crippen molar-refractivity contribution in [3.05, 3.63) is 35.9 Å². The molecule has 1 N–H and O–H groups in total. The zero-order valence-electron chi connectivity index (χ0n) is 14.7. The standard InChI is InChI=1S/C18H28N2O3/c1-13(2)11-19-20-16(14(3)4)17(18(21)22-5)23-12-15-9-7-6-8-10-15/h6-11,13-14,16-17,20H,12H2,1-5H3/b19-11+/t16-,17+/m0/s1. The summed E-state index contributed by atoms with van der Waals surface area (Å²) < 4.78 is 10.8. The molecule has 0 aliphatic rings. The SMILES string of the molecule is COC(=O)[C@H](OCc1ccccc1)[C@@H](N/N=C/C(C)C)C(C)C. The second-order valence-electron chi connectivity index (χ2n) is 6.16. The number of rotatable bonds is 9. The van der Waals surface area contributed by atoms with Crippen LogP contribution < -0.4 is 5.43 Å². The lowest BCUT2D eigenvalue weighted by Crippen LogP contribution is -2.47. The van der Waals surface area contributed by atoms with Gasteiger partial charge in [-0.2, -0.15) is 5.10 Å². The quantitative estimate of drug-likeness (QED) is 0.432. The fourth-order valence-corrected chi connectivity index (χ4v) is 2.04. The first kappa shape index (κ1) is 19.2. The van der Waals surface area contributed by atoms with Gasteiger partial charge in [-0.05, 0) is 17.4 Å². The van der Waals surface area contributed by atoms with Gasteiger partial charge < -0.3 is 14.9 Å². The molecule has 5 heteroatoms. The first-order valence-corrected chi connectivity index (χ1v) is 7.97. The van der Waals surface area contributed by atoms with Crippen LogP contribution in [0.25, 0.3) is 0 Å². The van der Waals surface area contributed by atoms with Crippen LogP contribution in [-0.4, -0.2) is 31.4 Å². The Morgan fingerprint density at radius 3 is 2.39 bits per heavy atom. The summed E-state index contributed by atoms with van der Waals surface area (Å²) in [6.07, 6.45) is 1.09. The molecule has 0 aliphatic heterocycles. The topological polar surface area (TPSA) is 59.9 Å². The number of carbonyl (C=O) groups is 1. The van der Waals surface area contributed by atoms with Gasteiger partial charge in [-0.25, -0.2) is 4.79 Å². The molecule has 0 saturated heterocycles. The predicted molar refractivity (Wildman–Crippen MR) is 92.1 cm³/mol. The number of nitrogens with one attached hydrogen (secondary N) is 1. The number of methoxy groups -OCH3 is 1. The van der Waals surface area contributed by atoms with E-state index in [0.717, 1.165) is 5.56 Å². The van der Waals surface area contributed by atoms with Gasteiger partial charge in [0.25, 0.3) is 0 Å². The Kier molecular flexibility index (Phi) is 8.33. The average molecular weight is 320 g/mol. The highest BCUT2D eigenvalue weighted by Gasteiger charge is 2.32. The molecule has 0 heterocycles. The Balaban J connectivity index is 2.81. The number of hydrazone groups is 1. The van der Waals surface area contributed by atoms with E-state index < -0.39 is 12.1 Å². The second kappa shape index (κ2) is 10.0. The smallest absolute Gasteiger partial charge is 0.337 e. The van der Waals surface area contributed by atoms with Gasteiger partial charge in [-0.15, -0.1) is 0 Å². The van der Waals surface area contributed by atoms with Gasteiger partial charge in [0.05, 0.1) is 19.8 Å². The van der Waals surface area contributed by atoms with Crippen molar-refractivity contribution in [2.75, 3.05) is 7.11 Å². The van der Waals surface area contributed by atoms with Crippen LogP contribution in [-0.2, 0) is 20.9 Å². The largest absolute Gasteiger partial charge is 0.467 e. The predicted octanol–water partition coefficient (Wildman–Crippen LogP) is 3.00. The number of ether oxygens (including phenoxy) is 2. The van der Waals surface area contributed by atoms with E-state index in [9.17, 15) is 4.79 Å². The summed E-state index contributed by atoms with van der Waals surface area (Å²) in [6.45, 7) is 8.46. The van der Waals surface area contributed by atoms with Crippen LogP contribution in [0.4, 0.5) is 0 Å². The third kappa shape index (κ3) is 6.82. The Bertz CT molecular complexity index is 486. The van der Waals surface area contributed by atoms with E-state index in [0.29, 0.717) is 12.5 Å². The first-order valence-electron chi connectivity index (χ1n) is 7.97. The fourth-order valence-electron chi connectivity index (χ4n) is 2.04. The summed E-state index contributed by atoms with van der Waals surface area (Å²) in [4.78, 5) is 12.1. The third-order valence-electron chi connectivity index (χ3n) is 3.35. The molecule has 23 heavy (non-hydrogen) atoms. The summed E-state index contributed by atoms with van der Waals surface area (Å²) in [5.74, 6) is 0.0863. The van der Waals surface area contributed by atoms with Crippen LogP contribution in [0.1, 0.15) is 33.3 Å². The molecule has 2 atom stereocenters. The second-order valence-corrected chi connectivity index (χ2v) is 6.16. The van der Waals surface area contributed by atoms with E-state index in [1.807, 2.05) is 58.0 Å². The molecule has 0 amide bonds. The van der Waals surface area contributed by atoms with Gasteiger partial charge in [0.2, 0.25) is 0 Å². The number of nitrogens with zero attached hydrogens (tertiary/aromatic N) is 1.